The zero-order chi connectivity index (χ0) is 14.7. The van der Waals surface area contributed by atoms with Gasteiger partial charge in [0.2, 0.25) is 0 Å². The van der Waals surface area contributed by atoms with E-state index in [1.165, 1.54) is 6.07 Å². The first-order valence-corrected chi connectivity index (χ1v) is 6.81. The Labute approximate surface area is 129 Å². The number of halogens is 1. The molecule has 2 aromatic rings. The van der Waals surface area contributed by atoms with E-state index >= 15 is 0 Å². The first-order chi connectivity index (χ1) is 9.52. The fourth-order valence-corrected chi connectivity index (χ4v) is 2.52. The Balaban J connectivity index is 2.37. The van der Waals surface area contributed by atoms with Crippen molar-refractivity contribution in [1.29, 1.82) is 5.26 Å². The Bertz CT molecular complexity index is 723. The third kappa shape index (κ3) is 2.88. The van der Waals surface area contributed by atoms with Crippen molar-refractivity contribution in [3.8, 4) is 6.07 Å². The van der Waals surface area contributed by atoms with E-state index < -0.39 is 4.92 Å². The zero-order valence-corrected chi connectivity index (χ0v) is 12.7. The molecule has 0 bridgehead atoms. The molecule has 0 radical (unpaired) electrons. The smallest absolute Gasteiger partial charge is 0.282 e. The van der Waals surface area contributed by atoms with Crippen LogP contribution < -0.4 is 5.32 Å². The molecule has 0 saturated heterocycles. The molecule has 0 aliphatic carbocycles. The van der Waals surface area contributed by atoms with Crippen molar-refractivity contribution < 1.29 is 4.92 Å². The van der Waals surface area contributed by atoms with Gasteiger partial charge in [-0.3, -0.25) is 10.1 Å². The summed E-state index contributed by atoms with van der Waals surface area (Å²) in [5.41, 5.74) is 2.93. The topological polar surface area (TPSA) is 79.0 Å². The molecule has 0 aliphatic heterocycles. The first-order valence-electron chi connectivity index (χ1n) is 5.73. The number of anilines is 2. The van der Waals surface area contributed by atoms with Crippen LogP contribution in [0.25, 0.3) is 0 Å². The summed E-state index contributed by atoms with van der Waals surface area (Å²) >= 11 is 1.92. The normalized spacial score (nSPS) is 9.85. The highest BCUT2D eigenvalue weighted by Gasteiger charge is 2.12. The molecule has 0 unspecified atom stereocenters. The molecule has 2 aromatic carbocycles. The van der Waals surface area contributed by atoms with E-state index in [0.717, 1.165) is 5.56 Å². The second kappa shape index (κ2) is 5.88. The number of aryl methyl sites for hydroxylation is 1. The SMILES string of the molecule is Cc1cccc(Nc2ccc([N+](=O)[O-])c(I)c2)c1C#N. The van der Waals surface area contributed by atoms with Gasteiger partial charge in [-0.1, -0.05) is 12.1 Å². The highest BCUT2D eigenvalue weighted by molar-refractivity contribution is 14.1. The minimum Gasteiger partial charge on any atom is -0.354 e. The molecule has 0 fully saturated rings. The Kier molecular flexibility index (Phi) is 4.20. The Morgan fingerprint density at radius 3 is 2.70 bits per heavy atom. The number of hydrogen-bond acceptors (Lipinski definition) is 4. The highest BCUT2D eigenvalue weighted by atomic mass is 127. The van der Waals surface area contributed by atoms with Crippen LogP contribution in [-0.2, 0) is 0 Å². The van der Waals surface area contributed by atoms with Crippen LogP contribution >= 0.6 is 22.6 Å². The van der Waals surface area contributed by atoms with E-state index in [0.29, 0.717) is 20.5 Å². The van der Waals surface area contributed by atoms with Gasteiger partial charge in [-0.25, -0.2) is 0 Å². The van der Waals surface area contributed by atoms with Gasteiger partial charge >= 0.3 is 0 Å². The van der Waals surface area contributed by atoms with Crippen LogP contribution in [0.5, 0.6) is 0 Å². The number of rotatable bonds is 3. The predicted molar refractivity (Wildman–Crippen MR) is 85.0 cm³/mol. The van der Waals surface area contributed by atoms with Crippen LogP contribution in [-0.4, -0.2) is 4.92 Å². The summed E-state index contributed by atoms with van der Waals surface area (Å²) in [6, 6.07) is 12.4. The maximum atomic E-state index is 10.8. The molecule has 1 N–H and O–H groups in total. The minimum atomic E-state index is -0.418. The number of nitro groups is 1. The van der Waals surface area contributed by atoms with Crippen LogP contribution in [0.4, 0.5) is 17.1 Å². The molecule has 0 heterocycles. The quantitative estimate of drug-likeness (QED) is 0.494. The molecular formula is C14H10IN3O2. The van der Waals surface area contributed by atoms with Crippen LogP contribution in [0.3, 0.4) is 0 Å². The monoisotopic (exact) mass is 379 g/mol. The fraction of sp³-hybridized carbons (Fsp3) is 0.0714. The molecule has 0 aliphatic rings. The van der Waals surface area contributed by atoms with Crippen molar-refractivity contribution in [3.05, 3.63) is 61.2 Å². The van der Waals surface area contributed by atoms with Gasteiger partial charge in [-0.2, -0.15) is 5.26 Å². The standard InChI is InChI=1S/C14H10IN3O2/c1-9-3-2-4-13(11(9)8-16)17-10-5-6-14(18(19)20)12(15)7-10/h2-7,17H,1H3. The summed E-state index contributed by atoms with van der Waals surface area (Å²) < 4.78 is 0.545. The molecule has 5 nitrogen and oxygen atoms in total. The summed E-state index contributed by atoms with van der Waals surface area (Å²) in [5.74, 6) is 0. The Morgan fingerprint density at radius 1 is 1.35 bits per heavy atom. The third-order valence-electron chi connectivity index (χ3n) is 2.81. The molecule has 0 amide bonds. The van der Waals surface area contributed by atoms with Gasteiger partial charge in [0.25, 0.3) is 5.69 Å². The number of benzene rings is 2. The third-order valence-corrected chi connectivity index (χ3v) is 3.67. The van der Waals surface area contributed by atoms with Crippen LogP contribution in [0.15, 0.2) is 36.4 Å². The van der Waals surface area contributed by atoms with E-state index in [1.54, 1.807) is 18.2 Å². The Morgan fingerprint density at radius 2 is 2.10 bits per heavy atom. The summed E-state index contributed by atoms with van der Waals surface area (Å²) in [6.45, 7) is 1.86. The second-order valence-electron chi connectivity index (χ2n) is 4.16. The van der Waals surface area contributed by atoms with Crippen molar-refractivity contribution in [2.24, 2.45) is 0 Å². The molecule has 100 valence electrons. The van der Waals surface area contributed by atoms with Gasteiger partial charge in [-0.05, 0) is 53.3 Å². The lowest BCUT2D eigenvalue weighted by Gasteiger charge is -2.10. The van der Waals surface area contributed by atoms with Gasteiger partial charge in [0, 0.05) is 11.8 Å². The molecule has 6 heteroatoms. The Hall–Kier alpha value is -2.14. The largest absolute Gasteiger partial charge is 0.354 e. The molecule has 0 atom stereocenters. The molecular weight excluding hydrogens is 369 g/mol. The van der Waals surface area contributed by atoms with E-state index in [2.05, 4.69) is 11.4 Å². The number of hydrogen-bond donors (Lipinski definition) is 1. The van der Waals surface area contributed by atoms with E-state index in [9.17, 15) is 10.1 Å². The van der Waals surface area contributed by atoms with Crippen molar-refractivity contribution >= 4 is 39.7 Å². The molecule has 0 saturated carbocycles. The van der Waals surface area contributed by atoms with Crippen LogP contribution in [0.2, 0.25) is 0 Å². The zero-order valence-electron chi connectivity index (χ0n) is 10.6. The lowest BCUT2D eigenvalue weighted by molar-refractivity contribution is -0.385. The molecule has 0 aromatic heterocycles. The minimum absolute atomic E-state index is 0.0703. The van der Waals surface area contributed by atoms with Crippen molar-refractivity contribution in [3.63, 3.8) is 0 Å². The first kappa shape index (κ1) is 14.3. The number of nitro benzene ring substituents is 1. The fourth-order valence-electron chi connectivity index (χ4n) is 1.81. The summed E-state index contributed by atoms with van der Waals surface area (Å²) in [7, 11) is 0. The van der Waals surface area contributed by atoms with E-state index in [-0.39, 0.29) is 5.69 Å². The van der Waals surface area contributed by atoms with E-state index in [1.807, 2.05) is 41.6 Å². The van der Waals surface area contributed by atoms with Crippen molar-refractivity contribution in [2.75, 3.05) is 5.32 Å². The predicted octanol–water partition coefficient (Wildman–Crippen LogP) is 4.12. The lowest BCUT2D eigenvalue weighted by Crippen LogP contribution is -1.97. The maximum absolute atomic E-state index is 10.8. The summed E-state index contributed by atoms with van der Waals surface area (Å²) in [6.07, 6.45) is 0. The average molecular weight is 379 g/mol. The van der Waals surface area contributed by atoms with Gasteiger partial charge in [0.05, 0.1) is 19.7 Å². The summed E-state index contributed by atoms with van der Waals surface area (Å²) in [4.78, 5) is 10.4. The number of nitrogens with one attached hydrogen (secondary N) is 1. The summed E-state index contributed by atoms with van der Waals surface area (Å²) in [5, 5.41) is 23.1. The van der Waals surface area contributed by atoms with Gasteiger partial charge in [-0.15, -0.1) is 0 Å². The number of nitrogens with zero attached hydrogens (tertiary/aromatic N) is 2. The van der Waals surface area contributed by atoms with Crippen LogP contribution in [0, 0.1) is 31.9 Å². The maximum Gasteiger partial charge on any atom is 0.282 e. The average Bonchev–Trinajstić information content (AvgIpc) is 2.38. The molecule has 2 rings (SSSR count). The molecule has 20 heavy (non-hydrogen) atoms. The van der Waals surface area contributed by atoms with Gasteiger partial charge in [0.15, 0.2) is 0 Å². The highest BCUT2D eigenvalue weighted by Crippen LogP contribution is 2.28. The van der Waals surface area contributed by atoms with Crippen molar-refractivity contribution in [1.82, 2.24) is 0 Å². The number of nitriles is 1. The van der Waals surface area contributed by atoms with Crippen LogP contribution in [0.1, 0.15) is 11.1 Å². The molecule has 0 spiro atoms. The van der Waals surface area contributed by atoms with Gasteiger partial charge < -0.3 is 5.32 Å². The van der Waals surface area contributed by atoms with E-state index in [4.69, 9.17) is 5.26 Å². The van der Waals surface area contributed by atoms with Gasteiger partial charge in [0.1, 0.15) is 6.07 Å². The second-order valence-corrected chi connectivity index (χ2v) is 5.32. The lowest BCUT2D eigenvalue weighted by atomic mass is 10.1. The van der Waals surface area contributed by atoms with Crippen molar-refractivity contribution in [2.45, 2.75) is 6.92 Å².